The molecule has 2 aromatic heterocycles. The van der Waals surface area contributed by atoms with E-state index < -0.39 is 0 Å². The average molecular weight is 521 g/mol. The van der Waals surface area contributed by atoms with E-state index in [-0.39, 0.29) is 17.9 Å². The zero-order valence-electron chi connectivity index (χ0n) is 20.7. The minimum Gasteiger partial charge on any atom is -0.457 e. The molecule has 188 valence electrons. The van der Waals surface area contributed by atoms with Crippen LogP contribution in [-0.4, -0.2) is 14.7 Å². The van der Waals surface area contributed by atoms with Gasteiger partial charge in [-0.2, -0.15) is 0 Å². The molecule has 1 aliphatic heterocycles. The van der Waals surface area contributed by atoms with Gasteiger partial charge in [0.2, 0.25) is 0 Å². The first-order valence-electron chi connectivity index (χ1n) is 12.4. The summed E-state index contributed by atoms with van der Waals surface area (Å²) in [5.41, 5.74) is 4.55. The predicted molar refractivity (Wildman–Crippen MR) is 151 cm³/mol. The van der Waals surface area contributed by atoms with Gasteiger partial charge >= 0.3 is 0 Å². The van der Waals surface area contributed by atoms with Crippen molar-refractivity contribution >= 4 is 23.0 Å². The lowest BCUT2D eigenvalue weighted by Crippen LogP contribution is -2.30. The molecule has 6 rings (SSSR count). The molecule has 3 heterocycles. The van der Waals surface area contributed by atoms with Gasteiger partial charge in [0.1, 0.15) is 23.4 Å². The van der Waals surface area contributed by atoms with E-state index in [0.717, 1.165) is 39.8 Å². The fraction of sp³-hybridized carbons (Fsp3) is 0.0968. The van der Waals surface area contributed by atoms with Crippen LogP contribution in [0.25, 0.3) is 5.69 Å². The van der Waals surface area contributed by atoms with E-state index in [1.165, 1.54) is 12.1 Å². The van der Waals surface area contributed by atoms with E-state index in [2.05, 4.69) is 15.2 Å². The largest absolute Gasteiger partial charge is 0.457 e. The third kappa shape index (κ3) is 4.53. The quantitative estimate of drug-likeness (QED) is 0.238. The molecule has 5 aromatic rings. The van der Waals surface area contributed by atoms with Crippen LogP contribution >= 0.6 is 12.2 Å². The second-order valence-corrected chi connectivity index (χ2v) is 9.53. The number of para-hydroxylation sites is 1. The maximum Gasteiger partial charge on any atom is 0.174 e. The second-order valence-electron chi connectivity index (χ2n) is 9.14. The molecule has 0 saturated carbocycles. The molecule has 38 heavy (non-hydrogen) atoms. The topological polar surface area (TPSA) is 42.3 Å². The molecule has 0 amide bonds. The summed E-state index contributed by atoms with van der Waals surface area (Å²) in [6.45, 7) is 2.02. The van der Waals surface area contributed by atoms with Crippen molar-refractivity contribution in [2.45, 2.75) is 19.0 Å². The smallest absolute Gasteiger partial charge is 0.174 e. The van der Waals surface area contributed by atoms with Crippen molar-refractivity contribution in [3.63, 3.8) is 0 Å². The van der Waals surface area contributed by atoms with Gasteiger partial charge in [-0.1, -0.05) is 30.3 Å². The Hall–Kier alpha value is -4.49. The first-order valence-corrected chi connectivity index (χ1v) is 12.8. The first kappa shape index (κ1) is 23.9. The number of aromatic nitrogens is 2. The van der Waals surface area contributed by atoms with Gasteiger partial charge in [0, 0.05) is 29.5 Å². The number of hydrogen-bond donors (Lipinski definition) is 1. The zero-order valence-corrected chi connectivity index (χ0v) is 21.5. The van der Waals surface area contributed by atoms with Crippen LogP contribution < -0.4 is 15.0 Å². The van der Waals surface area contributed by atoms with Crippen molar-refractivity contribution in [1.82, 2.24) is 14.9 Å². The fourth-order valence-electron chi connectivity index (χ4n) is 4.90. The monoisotopic (exact) mass is 520 g/mol. The Balaban J connectivity index is 1.40. The summed E-state index contributed by atoms with van der Waals surface area (Å²) in [5.74, 6) is 1.27. The molecular formula is C31H25FN4OS. The summed E-state index contributed by atoms with van der Waals surface area (Å²) < 4.78 is 22.3. The second kappa shape index (κ2) is 10.1. The third-order valence-corrected chi connectivity index (χ3v) is 7.02. The number of thiocarbonyl (C=S) groups is 1. The van der Waals surface area contributed by atoms with Gasteiger partial charge in [-0.3, -0.25) is 4.98 Å². The Morgan fingerprint density at radius 1 is 0.868 bits per heavy atom. The standard InChI is InChI=1S/C31H25FN4OS/c1-21-8-2-3-13-28(21)37-25-16-14-23(15-17-25)36-30(29(34-31(36)38)26-11-4-5-18-33-26)27-12-7-19-35(27)24-10-6-9-22(32)20-24/h2-20,29-30H,1H3,(H,34,38)/t29-,30-/m1/s1. The van der Waals surface area contributed by atoms with Gasteiger partial charge in [0.05, 0.1) is 11.7 Å². The normalized spacial score (nSPS) is 16.9. The number of rotatable bonds is 6. The summed E-state index contributed by atoms with van der Waals surface area (Å²) >= 11 is 5.87. The van der Waals surface area contributed by atoms with E-state index >= 15 is 0 Å². The first-order chi connectivity index (χ1) is 18.6. The number of aryl methyl sites for hydroxylation is 1. The lowest BCUT2D eigenvalue weighted by atomic mass is 10.0. The van der Waals surface area contributed by atoms with Gasteiger partial charge in [0.25, 0.3) is 0 Å². The molecule has 3 aromatic carbocycles. The molecule has 1 fully saturated rings. The van der Waals surface area contributed by atoms with Gasteiger partial charge in [-0.15, -0.1) is 0 Å². The predicted octanol–water partition coefficient (Wildman–Crippen LogP) is 7.29. The highest BCUT2D eigenvalue weighted by atomic mass is 32.1. The van der Waals surface area contributed by atoms with Crippen LogP contribution in [0.3, 0.4) is 0 Å². The number of hydrogen-bond acceptors (Lipinski definition) is 3. The highest BCUT2D eigenvalue weighted by Crippen LogP contribution is 2.42. The number of halogens is 1. The molecule has 0 unspecified atom stereocenters. The van der Waals surface area contributed by atoms with Gasteiger partial charge < -0.3 is 19.5 Å². The summed E-state index contributed by atoms with van der Waals surface area (Å²) in [6.07, 6.45) is 3.72. The van der Waals surface area contributed by atoms with Crippen molar-refractivity contribution in [1.29, 1.82) is 0 Å². The van der Waals surface area contributed by atoms with E-state index in [1.54, 1.807) is 12.3 Å². The maximum atomic E-state index is 14.2. The number of benzene rings is 3. The van der Waals surface area contributed by atoms with Crippen molar-refractivity contribution in [3.8, 4) is 17.2 Å². The zero-order chi connectivity index (χ0) is 26.1. The SMILES string of the molecule is Cc1ccccc1Oc1ccc(N2C(=S)N[C@H](c3ccccn3)[C@H]2c2cccn2-c2cccc(F)c2)cc1. The van der Waals surface area contributed by atoms with Gasteiger partial charge in [-0.05, 0) is 97.5 Å². The van der Waals surface area contributed by atoms with Crippen LogP contribution in [0.4, 0.5) is 10.1 Å². The molecule has 1 N–H and O–H groups in total. The van der Waals surface area contributed by atoms with Crippen LogP contribution in [0.5, 0.6) is 11.5 Å². The molecule has 1 saturated heterocycles. The molecule has 0 bridgehead atoms. The van der Waals surface area contributed by atoms with E-state index in [1.807, 2.05) is 103 Å². The molecule has 0 spiro atoms. The lowest BCUT2D eigenvalue weighted by molar-refractivity contribution is 0.479. The third-order valence-electron chi connectivity index (χ3n) is 6.70. The number of nitrogens with zero attached hydrogens (tertiary/aromatic N) is 3. The minimum atomic E-state index is -0.287. The van der Waals surface area contributed by atoms with Crippen molar-refractivity contribution in [2.75, 3.05) is 4.90 Å². The summed E-state index contributed by atoms with van der Waals surface area (Å²) in [4.78, 5) is 6.73. The maximum absolute atomic E-state index is 14.2. The molecule has 1 aliphatic rings. The van der Waals surface area contributed by atoms with E-state index in [4.69, 9.17) is 17.0 Å². The molecule has 0 radical (unpaired) electrons. The highest BCUT2D eigenvalue weighted by molar-refractivity contribution is 7.80. The van der Waals surface area contributed by atoms with Crippen LogP contribution in [-0.2, 0) is 0 Å². The molecule has 2 atom stereocenters. The van der Waals surface area contributed by atoms with Crippen molar-refractivity contribution in [2.24, 2.45) is 0 Å². The average Bonchev–Trinajstić information content (AvgIpc) is 3.55. The lowest BCUT2D eigenvalue weighted by Gasteiger charge is -2.29. The Kier molecular flexibility index (Phi) is 6.35. The Morgan fingerprint density at radius 3 is 2.45 bits per heavy atom. The Morgan fingerprint density at radius 2 is 1.68 bits per heavy atom. The van der Waals surface area contributed by atoms with Crippen LogP contribution in [0.2, 0.25) is 0 Å². The van der Waals surface area contributed by atoms with Crippen molar-refractivity contribution < 1.29 is 9.13 Å². The Bertz CT molecular complexity index is 1590. The van der Waals surface area contributed by atoms with Gasteiger partial charge in [0.15, 0.2) is 5.11 Å². The number of nitrogens with one attached hydrogen (secondary N) is 1. The summed E-state index contributed by atoms with van der Waals surface area (Å²) in [5, 5.41) is 4.07. The number of ether oxygens (including phenoxy) is 1. The highest BCUT2D eigenvalue weighted by Gasteiger charge is 2.42. The minimum absolute atomic E-state index is 0.214. The van der Waals surface area contributed by atoms with E-state index in [9.17, 15) is 4.39 Å². The molecule has 5 nitrogen and oxygen atoms in total. The van der Waals surface area contributed by atoms with Crippen LogP contribution in [0, 0.1) is 12.7 Å². The Labute approximate surface area is 226 Å². The fourth-order valence-corrected chi connectivity index (χ4v) is 5.25. The number of pyridine rings is 1. The molecule has 0 aliphatic carbocycles. The summed E-state index contributed by atoms with van der Waals surface area (Å²) in [7, 11) is 0. The van der Waals surface area contributed by atoms with Gasteiger partial charge in [-0.25, -0.2) is 4.39 Å². The molecular weight excluding hydrogens is 495 g/mol. The van der Waals surface area contributed by atoms with Crippen molar-refractivity contribution in [3.05, 3.63) is 138 Å². The molecule has 7 heteroatoms. The van der Waals surface area contributed by atoms with Crippen LogP contribution in [0.1, 0.15) is 29.0 Å². The van der Waals surface area contributed by atoms with Crippen LogP contribution in [0.15, 0.2) is 116 Å². The number of anilines is 1. The van der Waals surface area contributed by atoms with E-state index in [0.29, 0.717) is 5.11 Å². The summed E-state index contributed by atoms with van der Waals surface area (Å²) in [6, 6.07) is 31.8.